The molecule has 0 radical (unpaired) electrons. The molecule has 2 unspecified atom stereocenters. The average Bonchev–Trinajstić information content (AvgIpc) is 2.66. The highest BCUT2D eigenvalue weighted by molar-refractivity contribution is 9.10. The summed E-state index contributed by atoms with van der Waals surface area (Å²) in [6, 6.07) is 4.97. The van der Waals surface area contributed by atoms with E-state index in [9.17, 15) is 9.90 Å². The molecule has 104 valence electrons. The second-order valence-corrected chi connectivity index (χ2v) is 6.06. The fraction of sp³-hybridized carbons (Fsp3) is 0.462. The smallest absolute Gasteiger partial charge is 0.251 e. The Kier molecular flexibility index (Phi) is 4.50. The number of halogens is 2. The van der Waals surface area contributed by atoms with Gasteiger partial charge in [-0.1, -0.05) is 27.5 Å². The molecule has 1 fully saturated rings. The van der Waals surface area contributed by atoms with Gasteiger partial charge >= 0.3 is 0 Å². The third-order valence-electron chi connectivity index (χ3n) is 3.34. The van der Waals surface area contributed by atoms with Gasteiger partial charge in [-0.15, -0.1) is 0 Å². The molecule has 2 N–H and O–H groups in total. The zero-order valence-corrected chi connectivity index (χ0v) is 12.8. The van der Waals surface area contributed by atoms with Crippen LogP contribution in [0.25, 0.3) is 0 Å². The predicted molar refractivity (Wildman–Crippen MR) is 76.5 cm³/mol. The van der Waals surface area contributed by atoms with Gasteiger partial charge < -0.3 is 15.2 Å². The molecule has 1 aromatic rings. The third kappa shape index (κ3) is 3.48. The van der Waals surface area contributed by atoms with Gasteiger partial charge in [0.25, 0.3) is 5.91 Å². The Morgan fingerprint density at radius 3 is 2.95 bits per heavy atom. The monoisotopic (exact) mass is 347 g/mol. The minimum absolute atomic E-state index is 0.164. The van der Waals surface area contributed by atoms with Crippen molar-refractivity contribution in [1.29, 1.82) is 0 Å². The fourth-order valence-electron chi connectivity index (χ4n) is 2.02. The SMILES string of the molecule is CC1OCCC1(O)CNC(=O)c1cc(Cl)cc(Br)c1. The quantitative estimate of drug-likeness (QED) is 0.882. The minimum atomic E-state index is -0.995. The van der Waals surface area contributed by atoms with Gasteiger partial charge in [0.05, 0.1) is 6.10 Å². The van der Waals surface area contributed by atoms with Crippen LogP contribution in [-0.4, -0.2) is 35.9 Å². The summed E-state index contributed by atoms with van der Waals surface area (Å²) in [5.41, 5.74) is -0.541. The summed E-state index contributed by atoms with van der Waals surface area (Å²) in [6.45, 7) is 2.47. The number of hydrogen-bond acceptors (Lipinski definition) is 3. The second-order valence-electron chi connectivity index (χ2n) is 4.71. The number of rotatable bonds is 3. The largest absolute Gasteiger partial charge is 0.385 e. The van der Waals surface area contributed by atoms with Gasteiger partial charge in [0.2, 0.25) is 0 Å². The molecular weight excluding hydrogens is 334 g/mol. The molecule has 0 aromatic heterocycles. The lowest BCUT2D eigenvalue weighted by atomic mass is 9.96. The first kappa shape index (κ1) is 14.8. The van der Waals surface area contributed by atoms with Crippen LogP contribution in [0.2, 0.25) is 5.02 Å². The van der Waals surface area contributed by atoms with Crippen LogP contribution in [0.3, 0.4) is 0 Å². The summed E-state index contributed by atoms with van der Waals surface area (Å²) < 4.78 is 6.05. The van der Waals surface area contributed by atoms with Crippen LogP contribution in [-0.2, 0) is 4.74 Å². The van der Waals surface area contributed by atoms with Gasteiger partial charge in [0, 0.05) is 34.6 Å². The molecule has 0 saturated carbocycles. The molecule has 0 aliphatic carbocycles. The van der Waals surface area contributed by atoms with Crippen molar-refractivity contribution >= 4 is 33.4 Å². The number of carbonyl (C=O) groups is 1. The van der Waals surface area contributed by atoms with Gasteiger partial charge in [-0.3, -0.25) is 4.79 Å². The number of aliphatic hydroxyl groups is 1. The standard InChI is InChI=1S/C13H15BrClNO3/c1-8-13(18,2-3-19-8)7-16-12(17)9-4-10(14)6-11(15)5-9/h4-6,8,18H,2-3,7H2,1H3,(H,16,17). The van der Waals surface area contributed by atoms with Crippen molar-refractivity contribution in [3.05, 3.63) is 33.3 Å². The van der Waals surface area contributed by atoms with Crippen LogP contribution >= 0.6 is 27.5 Å². The van der Waals surface area contributed by atoms with Gasteiger partial charge in [-0.05, 0) is 25.1 Å². The van der Waals surface area contributed by atoms with Crippen molar-refractivity contribution in [2.24, 2.45) is 0 Å². The van der Waals surface area contributed by atoms with Crippen molar-refractivity contribution in [2.45, 2.75) is 25.0 Å². The summed E-state index contributed by atoms with van der Waals surface area (Å²) in [6.07, 6.45) is 0.243. The van der Waals surface area contributed by atoms with E-state index in [1.807, 2.05) is 0 Å². The van der Waals surface area contributed by atoms with E-state index >= 15 is 0 Å². The van der Waals surface area contributed by atoms with E-state index in [1.54, 1.807) is 25.1 Å². The number of amides is 1. The first-order valence-corrected chi connectivity index (χ1v) is 7.16. The van der Waals surface area contributed by atoms with Crippen molar-refractivity contribution in [3.8, 4) is 0 Å². The lowest BCUT2D eigenvalue weighted by molar-refractivity contribution is -0.0251. The summed E-state index contributed by atoms with van der Waals surface area (Å²) in [4.78, 5) is 12.0. The van der Waals surface area contributed by atoms with Crippen molar-refractivity contribution in [3.63, 3.8) is 0 Å². The van der Waals surface area contributed by atoms with Crippen molar-refractivity contribution in [1.82, 2.24) is 5.32 Å². The number of ether oxygens (including phenoxy) is 1. The summed E-state index contributed by atoms with van der Waals surface area (Å²) in [5, 5.41) is 13.5. The van der Waals surface area contributed by atoms with E-state index in [0.29, 0.717) is 23.6 Å². The van der Waals surface area contributed by atoms with Crippen LogP contribution < -0.4 is 5.32 Å². The first-order valence-electron chi connectivity index (χ1n) is 5.99. The summed E-state index contributed by atoms with van der Waals surface area (Å²) in [7, 11) is 0. The Labute approximate surface area is 125 Å². The van der Waals surface area contributed by atoms with Crippen LogP contribution in [0.5, 0.6) is 0 Å². The van der Waals surface area contributed by atoms with Crippen LogP contribution in [0, 0.1) is 0 Å². The van der Waals surface area contributed by atoms with Crippen LogP contribution in [0.4, 0.5) is 0 Å². The topological polar surface area (TPSA) is 58.6 Å². The van der Waals surface area contributed by atoms with Crippen molar-refractivity contribution in [2.75, 3.05) is 13.2 Å². The molecule has 0 spiro atoms. The van der Waals surface area contributed by atoms with Crippen LogP contribution in [0.15, 0.2) is 22.7 Å². The molecule has 2 atom stereocenters. The molecule has 1 saturated heterocycles. The molecule has 19 heavy (non-hydrogen) atoms. The molecule has 1 aliphatic rings. The van der Waals surface area contributed by atoms with Gasteiger partial charge in [-0.25, -0.2) is 0 Å². The van der Waals surface area contributed by atoms with E-state index in [4.69, 9.17) is 16.3 Å². The molecule has 0 bridgehead atoms. The fourth-order valence-corrected chi connectivity index (χ4v) is 2.88. The normalized spacial score (nSPS) is 26.4. The second kappa shape index (κ2) is 5.79. The summed E-state index contributed by atoms with van der Waals surface area (Å²) >= 11 is 9.18. The van der Waals surface area contributed by atoms with Gasteiger partial charge in [0.1, 0.15) is 5.60 Å². The zero-order chi connectivity index (χ0) is 14.0. The third-order valence-corrected chi connectivity index (χ3v) is 4.02. The number of nitrogens with one attached hydrogen (secondary N) is 1. The predicted octanol–water partition coefficient (Wildman–Crippen LogP) is 2.37. The number of benzene rings is 1. The molecular formula is C13H15BrClNO3. The molecule has 4 nitrogen and oxygen atoms in total. The minimum Gasteiger partial charge on any atom is -0.385 e. The van der Waals surface area contributed by atoms with E-state index < -0.39 is 5.60 Å². The molecule has 6 heteroatoms. The maximum Gasteiger partial charge on any atom is 0.251 e. The highest BCUT2D eigenvalue weighted by Gasteiger charge is 2.39. The van der Waals surface area contributed by atoms with E-state index in [-0.39, 0.29) is 18.6 Å². The van der Waals surface area contributed by atoms with Crippen molar-refractivity contribution < 1.29 is 14.6 Å². The lowest BCUT2D eigenvalue weighted by Gasteiger charge is -2.26. The Balaban J connectivity index is 2.01. The highest BCUT2D eigenvalue weighted by atomic mass is 79.9. The van der Waals surface area contributed by atoms with Gasteiger partial charge in [-0.2, -0.15) is 0 Å². The lowest BCUT2D eigenvalue weighted by Crippen LogP contribution is -2.47. The Bertz CT molecular complexity index is 477. The Hall–Kier alpha value is -0.620. The maximum atomic E-state index is 12.0. The summed E-state index contributed by atoms with van der Waals surface area (Å²) in [5.74, 6) is -0.268. The Morgan fingerprint density at radius 1 is 1.63 bits per heavy atom. The van der Waals surface area contributed by atoms with E-state index in [0.717, 1.165) is 4.47 Å². The molecule has 1 aromatic carbocycles. The maximum absolute atomic E-state index is 12.0. The number of hydrogen-bond donors (Lipinski definition) is 2. The molecule has 1 aliphatic heterocycles. The molecule has 1 heterocycles. The zero-order valence-electron chi connectivity index (χ0n) is 10.5. The Morgan fingerprint density at radius 2 is 2.37 bits per heavy atom. The molecule has 2 rings (SSSR count). The first-order chi connectivity index (χ1) is 8.90. The molecule has 1 amide bonds. The van der Waals surface area contributed by atoms with E-state index in [2.05, 4.69) is 21.2 Å². The highest BCUT2D eigenvalue weighted by Crippen LogP contribution is 2.25. The van der Waals surface area contributed by atoms with Crippen LogP contribution in [0.1, 0.15) is 23.7 Å². The average molecular weight is 349 g/mol. The van der Waals surface area contributed by atoms with Gasteiger partial charge in [0.15, 0.2) is 0 Å². The number of carbonyl (C=O) groups excluding carboxylic acids is 1. The van der Waals surface area contributed by atoms with E-state index in [1.165, 1.54) is 0 Å².